The molecule has 28 heavy (non-hydrogen) atoms. The maximum atomic E-state index is 13.1. The first kappa shape index (κ1) is 20.6. The number of nitrogens with one attached hydrogen (secondary N) is 2. The maximum absolute atomic E-state index is 13.1. The standard InChI is InChI=1S/C18H22N4O4S2/c1-13-5-6-14(15(11-13)28(25,26)22-9-3-2-4-10-22)20-17(24)12-27-18-19-8-7-16(23)21-18/h5-8,11H,2-4,9-10,12H2,1H3,(H,20,24)(H,19,21,23). The van der Waals surface area contributed by atoms with Gasteiger partial charge in [0.25, 0.3) is 5.56 Å². The second-order valence-corrected chi connectivity index (χ2v) is 9.41. The number of aromatic amines is 1. The molecule has 0 bridgehead atoms. The van der Waals surface area contributed by atoms with Gasteiger partial charge < -0.3 is 10.3 Å². The summed E-state index contributed by atoms with van der Waals surface area (Å²) in [4.78, 5) is 30.2. The Kier molecular flexibility index (Phi) is 6.53. The van der Waals surface area contributed by atoms with Gasteiger partial charge in [0.2, 0.25) is 15.9 Å². The van der Waals surface area contributed by atoms with Crippen molar-refractivity contribution in [1.29, 1.82) is 0 Å². The molecule has 0 radical (unpaired) electrons. The molecule has 1 saturated heterocycles. The van der Waals surface area contributed by atoms with E-state index in [1.807, 2.05) is 6.92 Å². The van der Waals surface area contributed by atoms with Crippen LogP contribution in [-0.4, -0.2) is 47.4 Å². The molecule has 150 valence electrons. The summed E-state index contributed by atoms with van der Waals surface area (Å²) in [6.07, 6.45) is 4.07. The predicted molar refractivity (Wildman–Crippen MR) is 108 cm³/mol. The molecular formula is C18H22N4O4S2. The first-order chi connectivity index (χ1) is 13.4. The van der Waals surface area contributed by atoms with Gasteiger partial charge in [-0.15, -0.1) is 0 Å². The van der Waals surface area contributed by atoms with Crippen molar-refractivity contribution in [3.05, 3.63) is 46.4 Å². The Morgan fingerprint density at radius 2 is 2.00 bits per heavy atom. The molecule has 1 aromatic carbocycles. The van der Waals surface area contributed by atoms with E-state index in [0.717, 1.165) is 36.6 Å². The van der Waals surface area contributed by atoms with Crippen LogP contribution in [0.1, 0.15) is 24.8 Å². The van der Waals surface area contributed by atoms with Gasteiger partial charge in [-0.3, -0.25) is 9.59 Å². The highest BCUT2D eigenvalue weighted by Crippen LogP contribution is 2.28. The minimum absolute atomic E-state index is 0.00989. The molecule has 0 spiro atoms. The molecule has 1 fully saturated rings. The van der Waals surface area contributed by atoms with E-state index in [1.54, 1.807) is 18.2 Å². The van der Waals surface area contributed by atoms with Crippen molar-refractivity contribution in [3.8, 4) is 0 Å². The molecule has 0 aliphatic carbocycles. The number of hydrogen-bond donors (Lipinski definition) is 2. The van der Waals surface area contributed by atoms with Crippen LogP contribution in [0.15, 0.2) is 45.3 Å². The van der Waals surface area contributed by atoms with E-state index in [-0.39, 0.29) is 27.8 Å². The van der Waals surface area contributed by atoms with Crippen LogP contribution < -0.4 is 10.9 Å². The van der Waals surface area contributed by atoms with Crippen molar-refractivity contribution in [2.24, 2.45) is 0 Å². The van der Waals surface area contributed by atoms with Crippen LogP contribution in [0.25, 0.3) is 0 Å². The summed E-state index contributed by atoms with van der Waals surface area (Å²) in [5.74, 6) is -0.389. The molecular weight excluding hydrogens is 400 g/mol. The van der Waals surface area contributed by atoms with Crippen molar-refractivity contribution in [3.63, 3.8) is 0 Å². The quantitative estimate of drug-likeness (QED) is 0.544. The number of thioether (sulfide) groups is 1. The summed E-state index contributed by atoms with van der Waals surface area (Å²) in [5, 5.41) is 3.01. The fraction of sp³-hybridized carbons (Fsp3) is 0.389. The topological polar surface area (TPSA) is 112 Å². The number of aromatic nitrogens is 2. The van der Waals surface area contributed by atoms with Gasteiger partial charge in [-0.2, -0.15) is 4.31 Å². The number of H-pyrrole nitrogens is 1. The maximum Gasteiger partial charge on any atom is 0.251 e. The van der Waals surface area contributed by atoms with Crippen molar-refractivity contribution in [1.82, 2.24) is 14.3 Å². The van der Waals surface area contributed by atoms with Crippen molar-refractivity contribution < 1.29 is 13.2 Å². The number of carbonyl (C=O) groups excluding carboxylic acids is 1. The number of nitrogens with zero attached hydrogens (tertiary/aromatic N) is 2. The van der Waals surface area contributed by atoms with Crippen molar-refractivity contribution in [2.45, 2.75) is 36.2 Å². The van der Waals surface area contributed by atoms with Crippen LogP contribution in [-0.2, 0) is 14.8 Å². The van der Waals surface area contributed by atoms with Gasteiger partial charge in [-0.25, -0.2) is 13.4 Å². The Morgan fingerprint density at radius 3 is 2.71 bits per heavy atom. The smallest absolute Gasteiger partial charge is 0.251 e. The third kappa shape index (κ3) is 5.00. The SMILES string of the molecule is Cc1ccc(NC(=O)CSc2nccc(=O)[nH]2)c(S(=O)(=O)N2CCCCC2)c1. The summed E-state index contributed by atoms with van der Waals surface area (Å²) < 4.78 is 27.6. The van der Waals surface area contributed by atoms with Gasteiger partial charge in [-0.1, -0.05) is 24.2 Å². The zero-order valence-corrected chi connectivity index (χ0v) is 17.1. The van der Waals surface area contributed by atoms with Crippen molar-refractivity contribution >= 4 is 33.4 Å². The second-order valence-electron chi connectivity index (χ2n) is 6.54. The monoisotopic (exact) mass is 422 g/mol. The molecule has 1 amide bonds. The van der Waals surface area contributed by atoms with E-state index >= 15 is 0 Å². The van der Waals surface area contributed by atoms with E-state index in [4.69, 9.17) is 0 Å². The number of hydrogen-bond acceptors (Lipinski definition) is 6. The summed E-state index contributed by atoms with van der Waals surface area (Å²) >= 11 is 1.07. The molecule has 3 rings (SSSR count). The Labute approximate surface area is 167 Å². The lowest BCUT2D eigenvalue weighted by Gasteiger charge is -2.27. The van der Waals surface area contributed by atoms with E-state index in [1.165, 1.54) is 16.6 Å². The van der Waals surface area contributed by atoms with Crippen LogP contribution in [0.3, 0.4) is 0 Å². The summed E-state index contributed by atoms with van der Waals surface area (Å²) in [6, 6.07) is 6.24. The largest absolute Gasteiger partial charge is 0.324 e. The minimum atomic E-state index is -3.68. The number of sulfonamides is 1. The molecule has 2 N–H and O–H groups in total. The van der Waals surface area contributed by atoms with Gasteiger partial charge in [-0.05, 0) is 37.5 Å². The van der Waals surface area contributed by atoms with Crippen LogP contribution in [0.4, 0.5) is 5.69 Å². The normalized spacial score (nSPS) is 15.3. The minimum Gasteiger partial charge on any atom is -0.324 e. The van der Waals surface area contributed by atoms with Gasteiger partial charge in [0.15, 0.2) is 5.16 Å². The molecule has 8 nitrogen and oxygen atoms in total. The molecule has 2 aromatic rings. The van der Waals surface area contributed by atoms with Crippen LogP contribution >= 0.6 is 11.8 Å². The van der Waals surface area contributed by atoms with Gasteiger partial charge in [0.1, 0.15) is 4.90 Å². The molecule has 0 saturated carbocycles. The number of amides is 1. The Balaban J connectivity index is 1.76. The number of anilines is 1. The lowest BCUT2D eigenvalue weighted by Crippen LogP contribution is -2.36. The third-order valence-corrected chi connectivity index (χ3v) is 7.16. The summed E-state index contributed by atoms with van der Waals surface area (Å²) in [5.41, 5.74) is 0.761. The molecule has 1 aliphatic rings. The number of piperidine rings is 1. The van der Waals surface area contributed by atoms with E-state index in [0.29, 0.717) is 18.2 Å². The third-order valence-electron chi connectivity index (χ3n) is 4.33. The molecule has 1 aliphatic heterocycles. The Bertz CT molecular complexity index is 1010. The number of aryl methyl sites for hydroxylation is 1. The lowest BCUT2D eigenvalue weighted by atomic mass is 10.2. The highest BCUT2D eigenvalue weighted by Gasteiger charge is 2.28. The van der Waals surface area contributed by atoms with Crippen LogP contribution in [0.2, 0.25) is 0 Å². The molecule has 0 atom stereocenters. The fourth-order valence-electron chi connectivity index (χ4n) is 2.94. The average Bonchev–Trinajstić information content (AvgIpc) is 2.68. The molecule has 1 aromatic heterocycles. The fourth-order valence-corrected chi connectivity index (χ4v) is 5.33. The number of benzene rings is 1. The van der Waals surface area contributed by atoms with Crippen LogP contribution in [0.5, 0.6) is 0 Å². The van der Waals surface area contributed by atoms with Crippen LogP contribution in [0, 0.1) is 6.92 Å². The molecule has 2 heterocycles. The zero-order chi connectivity index (χ0) is 20.1. The highest BCUT2D eigenvalue weighted by molar-refractivity contribution is 7.99. The van der Waals surface area contributed by atoms with E-state index in [9.17, 15) is 18.0 Å². The zero-order valence-electron chi connectivity index (χ0n) is 15.5. The first-order valence-electron chi connectivity index (χ1n) is 8.95. The number of rotatable bonds is 6. The van der Waals surface area contributed by atoms with E-state index < -0.39 is 10.0 Å². The second kappa shape index (κ2) is 8.89. The predicted octanol–water partition coefficient (Wildman–Crippen LogP) is 1.98. The lowest BCUT2D eigenvalue weighted by molar-refractivity contribution is -0.113. The number of carbonyl (C=O) groups is 1. The molecule has 10 heteroatoms. The van der Waals surface area contributed by atoms with Gasteiger partial charge in [0.05, 0.1) is 11.4 Å². The summed E-state index contributed by atoms with van der Waals surface area (Å²) in [7, 11) is -3.68. The van der Waals surface area contributed by atoms with Gasteiger partial charge >= 0.3 is 0 Å². The van der Waals surface area contributed by atoms with Crippen molar-refractivity contribution in [2.75, 3.05) is 24.2 Å². The molecule has 0 unspecified atom stereocenters. The Hall–Kier alpha value is -2.17. The first-order valence-corrected chi connectivity index (χ1v) is 11.4. The highest BCUT2D eigenvalue weighted by atomic mass is 32.2. The summed E-state index contributed by atoms with van der Waals surface area (Å²) in [6.45, 7) is 2.80. The van der Waals surface area contributed by atoms with E-state index in [2.05, 4.69) is 15.3 Å². The Morgan fingerprint density at radius 1 is 1.25 bits per heavy atom. The average molecular weight is 423 g/mol. The van der Waals surface area contributed by atoms with Gasteiger partial charge in [0, 0.05) is 25.4 Å².